The average molecular weight is 352 g/mol. The largest absolute Gasteiger partial charge is 0.465 e. The van der Waals surface area contributed by atoms with E-state index in [1.807, 2.05) is 0 Å². The molecular formula is C20H17FN2O3. The summed E-state index contributed by atoms with van der Waals surface area (Å²) in [6.45, 7) is 7.37. The van der Waals surface area contributed by atoms with Gasteiger partial charge in [0, 0.05) is 12.1 Å². The van der Waals surface area contributed by atoms with Crippen LogP contribution in [-0.4, -0.2) is 25.5 Å². The van der Waals surface area contributed by atoms with Gasteiger partial charge in [-0.25, -0.2) is 14.0 Å². The van der Waals surface area contributed by atoms with Crippen molar-refractivity contribution in [2.45, 2.75) is 12.8 Å². The van der Waals surface area contributed by atoms with E-state index in [1.165, 1.54) is 30.2 Å². The molecule has 0 spiro atoms. The zero-order chi connectivity index (χ0) is 18.7. The van der Waals surface area contributed by atoms with Gasteiger partial charge < -0.3 is 9.64 Å². The SMILES string of the molecule is [C-]#[N+]c1ccc(C(=O)N(CC2CC2)c2cccc(C(=O)OC)c2F)cc1. The van der Waals surface area contributed by atoms with Gasteiger partial charge in [-0.3, -0.25) is 4.79 Å². The van der Waals surface area contributed by atoms with Crippen molar-refractivity contribution in [2.24, 2.45) is 5.92 Å². The number of esters is 1. The van der Waals surface area contributed by atoms with Gasteiger partial charge in [-0.2, -0.15) is 0 Å². The Kier molecular flexibility index (Phi) is 4.99. The highest BCUT2D eigenvalue weighted by molar-refractivity contribution is 6.07. The molecule has 6 heteroatoms. The third-order valence-corrected chi connectivity index (χ3v) is 4.30. The highest BCUT2D eigenvalue weighted by Gasteiger charge is 2.30. The molecule has 26 heavy (non-hydrogen) atoms. The summed E-state index contributed by atoms with van der Waals surface area (Å²) in [6.07, 6.45) is 1.97. The number of anilines is 1. The maximum Gasteiger partial charge on any atom is 0.340 e. The number of carbonyl (C=O) groups excluding carboxylic acids is 2. The summed E-state index contributed by atoms with van der Waals surface area (Å²) in [6, 6.07) is 10.5. The molecule has 0 unspecified atom stereocenters. The molecule has 0 radical (unpaired) electrons. The zero-order valence-electron chi connectivity index (χ0n) is 14.2. The molecule has 1 fully saturated rings. The van der Waals surface area contributed by atoms with E-state index in [2.05, 4.69) is 9.58 Å². The lowest BCUT2D eigenvalue weighted by atomic mass is 10.1. The van der Waals surface area contributed by atoms with Crippen LogP contribution in [0.3, 0.4) is 0 Å². The molecule has 132 valence electrons. The molecule has 3 rings (SSSR count). The van der Waals surface area contributed by atoms with E-state index in [9.17, 15) is 14.0 Å². The van der Waals surface area contributed by atoms with Gasteiger partial charge in [0.15, 0.2) is 11.5 Å². The Balaban J connectivity index is 1.99. The summed E-state index contributed by atoms with van der Waals surface area (Å²) < 4.78 is 19.5. The summed E-state index contributed by atoms with van der Waals surface area (Å²) in [7, 11) is 1.18. The average Bonchev–Trinajstić information content (AvgIpc) is 3.50. The van der Waals surface area contributed by atoms with Gasteiger partial charge >= 0.3 is 5.97 Å². The molecular weight excluding hydrogens is 335 g/mol. The zero-order valence-corrected chi connectivity index (χ0v) is 14.2. The molecule has 0 atom stereocenters. The number of methoxy groups -OCH3 is 1. The number of hydrogen-bond acceptors (Lipinski definition) is 3. The van der Waals surface area contributed by atoms with Crippen LogP contribution in [-0.2, 0) is 4.74 Å². The molecule has 0 N–H and O–H groups in total. The number of hydrogen-bond donors (Lipinski definition) is 0. The molecule has 1 aliphatic rings. The fourth-order valence-electron chi connectivity index (χ4n) is 2.68. The highest BCUT2D eigenvalue weighted by Crippen LogP contribution is 2.34. The van der Waals surface area contributed by atoms with Gasteiger partial charge in [-0.15, -0.1) is 0 Å². The topological polar surface area (TPSA) is 51.0 Å². The molecule has 1 saturated carbocycles. The first-order valence-corrected chi connectivity index (χ1v) is 8.21. The van der Waals surface area contributed by atoms with Gasteiger partial charge in [0.05, 0.1) is 24.9 Å². The van der Waals surface area contributed by atoms with Crippen LogP contribution in [0.15, 0.2) is 42.5 Å². The standard InChI is InChI=1S/C20H17FN2O3/c1-22-15-10-8-14(9-11-15)19(24)23(12-13-6-7-13)17-5-3-4-16(18(17)21)20(25)26-2/h3-5,8-11,13H,6-7,12H2,2H3. The molecule has 1 aliphatic carbocycles. The lowest BCUT2D eigenvalue weighted by molar-refractivity contribution is 0.0595. The monoisotopic (exact) mass is 352 g/mol. The molecule has 2 aromatic carbocycles. The Morgan fingerprint density at radius 1 is 1.23 bits per heavy atom. The Morgan fingerprint density at radius 2 is 1.92 bits per heavy atom. The van der Waals surface area contributed by atoms with E-state index in [4.69, 9.17) is 6.57 Å². The van der Waals surface area contributed by atoms with E-state index in [0.29, 0.717) is 23.7 Å². The number of halogens is 1. The molecule has 0 aromatic heterocycles. The summed E-state index contributed by atoms with van der Waals surface area (Å²) in [5, 5.41) is 0. The van der Waals surface area contributed by atoms with Crippen LogP contribution in [0, 0.1) is 18.3 Å². The number of amides is 1. The second kappa shape index (κ2) is 7.36. The van der Waals surface area contributed by atoms with E-state index < -0.39 is 11.8 Å². The normalized spacial score (nSPS) is 13.0. The van der Waals surface area contributed by atoms with Crippen LogP contribution >= 0.6 is 0 Å². The van der Waals surface area contributed by atoms with Gasteiger partial charge in [-0.1, -0.05) is 30.3 Å². The molecule has 1 amide bonds. The van der Waals surface area contributed by atoms with Gasteiger partial charge in [0.25, 0.3) is 5.91 Å². The van der Waals surface area contributed by atoms with E-state index >= 15 is 0 Å². The summed E-state index contributed by atoms with van der Waals surface area (Å²) in [5.41, 5.74) is 0.635. The van der Waals surface area contributed by atoms with E-state index in [0.717, 1.165) is 12.8 Å². The second-order valence-corrected chi connectivity index (χ2v) is 6.15. The molecule has 0 heterocycles. The van der Waals surface area contributed by atoms with Crippen molar-refractivity contribution in [3.8, 4) is 0 Å². The molecule has 0 saturated heterocycles. The molecule has 2 aromatic rings. The smallest absolute Gasteiger partial charge is 0.340 e. The van der Waals surface area contributed by atoms with Crippen LogP contribution < -0.4 is 4.90 Å². The summed E-state index contributed by atoms with van der Waals surface area (Å²) >= 11 is 0. The van der Waals surface area contributed by atoms with Crippen molar-refractivity contribution in [2.75, 3.05) is 18.6 Å². The number of nitrogens with zero attached hydrogens (tertiary/aromatic N) is 2. The first kappa shape index (κ1) is 17.6. The fraction of sp³-hybridized carbons (Fsp3) is 0.250. The number of rotatable bonds is 5. The Bertz CT molecular complexity index is 883. The number of ether oxygens (including phenoxy) is 1. The fourth-order valence-corrected chi connectivity index (χ4v) is 2.68. The van der Waals surface area contributed by atoms with Crippen LogP contribution in [0.2, 0.25) is 0 Å². The van der Waals surface area contributed by atoms with Gasteiger partial charge in [0.1, 0.15) is 0 Å². The second-order valence-electron chi connectivity index (χ2n) is 6.15. The van der Waals surface area contributed by atoms with Crippen molar-refractivity contribution in [3.05, 3.63) is 70.8 Å². The van der Waals surface area contributed by atoms with Crippen molar-refractivity contribution >= 4 is 23.3 Å². The third kappa shape index (κ3) is 3.57. The van der Waals surface area contributed by atoms with Crippen molar-refractivity contribution in [3.63, 3.8) is 0 Å². The predicted octanol–water partition coefficient (Wildman–Crippen LogP) is 4.22. The van der Waals surface area contributed by atoms with Crippen LogP contribution in [0.5, 0.6) is 0 Å². The maximum absolute atomic E-state index is 14.9. The Morgan fingerprint density at radius 3 is 2.50 bits per heavy atom. The van der Waals surface area contributed by atoms with E-state index in [-0.39, 0.29) is 17.2 Å². The summed E-state index contributed by atoms with van der Waals surface area (Å²) in [5.74, 6) is -1.60. The van der Waals surface area contributed by atoms with Crippen LogP contribution in [0.1, 0.15) is 33.6 Å². The van der Waals surface area contributed by atoms with E-state index in [1.54, 1.807) is 24.3 Å². The molecule has 0 aliphatic heterocycles. The first-order chi connectivity index (χ1) is 12.5. The molecule has 0 bridgehead atoms. The highest BCUT2D eigenvalue weighted by atomic mass is 19.1. The number of carbonyl (C=O) groups is 2. The molecule has 5 nitrogen and oxygen atoms in total. The van der Waals surface area contributed by atoms with Gasteiger partial charge in [0.2, 0.25) is 0 Å². The minimum absolute atomic E-state index is 0.0547. The minimum Gasteiger partial charge on any atom is -0.465 e. The Hall–Kier alpha value is -3.20. The quantitative estimate of drug-likeness (QED) is 0.598. The van der Waals surface area contributed by atoms with Crippen LogP contribution in [0.4, 0.5) is 15.8 Å². The lowest BCUT2D eigenvalue weighted by Gasteiger charge is -2.24. The summed E-state index contributed by atoms with van der Waals surface area (Å²) in [4.78, 5) is 29.4. The third-order valence-electron chi connectivity index (χ3n) is 4.30. The van der Waals surface area contributed by atoms with Crippen molar-refractivity contribution in [1.82, 2.24) is 0 Å². The number of benzene rings is 2. The van der Waals surface area contributed by atoms with Crippen LogP contribution in [0.25, 0.3) is 4.85 Å². The minimum atomic E-state index is -0.787. The van der Waals surface area contributed by atoms with Gasteiger partial charge in [-0.05, 0) is 30.9 Å². The Labute approximate surface area is 150 Å². The van der Waals surface area contributed by atoms with Crippen molar-refractivity contribution < 1.29 is 18.7 Å². The maximum atomic E-state index is 14.9. The van der Waals surface area contributed by atoms with Crippen molar-refractivity contribution in [1.29, 1.82) is 0 Å². The lowest BCUT2D eigenvalue weighted by Crippen LogP contribution is -2.34. The first-order valence-electron chi connectivity index (χ1n) is 8.21. The predicted molar refractivity (Wildman–Crippen MR) is 94.8 cm³/mol.